The molecular formula is C41H25N3OS. The molecule has 0 amide bonds. The van der Waals surface area contributed by atoms with Crippen LogP contribution < -0.4 is 0 Å². The topological polar surface area (TPSA) is 51.8 Å². The highest BCUT2D eigenvalue weighted by atomic mass is 32.1. The van der Waals surface area contributed by atoms with Gasteiger partial charge in [0.05, 0.1) is 21.6 Å². The van der Waals surface area contributed by atoms with E-state index in [1.54, 1.807) is 11.3 Å². The zero-order valence-electron chi connectivity index (χ0n) is 24.6. The summed E-state index contributed by atoms with van der Waals surface area (Å²) in [5.41, 5.74) is 10.7. The zero-order chi connectivity index (χ0) is 30.5. The van der Waals surface area contributed by atoms with Crippen molar-refractivity contribution in [3.8, 4) is 55.6 Å². The number of hydrogen-bond donors (Lipinski definition) is 0. The number of benzene rings is 6. The fraction of sp³-hybridized carbons (Fsp3) is 0. The van der Waals surface area contributed by atoms with E-state index in [4.69, 9.17) is 19.4 Å². The van der Waals surface area contributed by atoms with Crippen LogP contribution in [-0.2, 0) is 0 Å². The maximum absolute atomic E-state index is 6.48. The number of nitrogens with zero attached hydrogens (tertiary/aromatic N) is 3. The van der Waals surface area contributed by atoms with Crippen LogP contribution in [0.3, 0.4) is 0 Å². The largest absolute Gasteiger partial charge is 0.456 e. The molecule has 6 aromatic carbocycles. The standard InChI is InChI=1S/C41H25N3OS/c1-3-11-26(12-4-1)28-15-9-16-29(23-28)34-25-35(43-40(42-34)27-13-5-2-6-14-27)31-17-10-19-36-39(31)32-22-21-30(24-37(32)45-36)41-44-33-18-7-8-20-38(33)46-41/h1-25H. The van der Waals surface area contributed by atoms with Crippen LogP contribution in [0, 0.1) is 0 Å². The van der Waals surface area contributed by atoms with Gasteiger partial charge in [0.1, 0.15) is 16.2 Å². The highest BCUT2D eigenvalue weighted by molar-refractivity contribution is 7.21. The van der Waals surface area contributed by atoms with Gasteiger partial charge < -0.3 is 4.42 Å². The molecule has 0 bridgehead atoms. The Labute approximate surface area is 269 Å². The lowest BCUT2D eigenvalue weighted by atomic mass is 9.99. The maximum Gasteiger partial charge on any atom is 0.160 e. The van der Waals surface area contributed by atoms with E-state index in [9.17, 15) is 0 Å². The molecule has 0 aliphatic carbocycles. The molecule has 0 saturated heterocycles. The van der Waals surface area contributed by atoms with Crippen LogP contribution in [-0.4, -0.2) is 15.0 Å². The third-order valence-electron chi connectivity index (χ3n) is 8.34. The second-order valence-electron chi connectivity index (χ2n) is 11.3. The SMILES string of the molecule is c1ccc(-c2cccc(-c3cc(-c4cccc5oc6cc(-c7nc8ccccc8s7)ccc6c45)nc(-c4ccccc4)n3)c2)cc1. The van der Waals surface area contributed by atoms with Crippen LogP contribution >= 0.6 is 11.3 Å². The van der Waals surface area contributed by atoms with E-state index >= 15 is 0 Å². The van der Waals surface area contributed by atoms with Gasteiger partial charge in [-0.3, -0.25) is 0 Å². The molecule has 0 saturated carbocycles. The van der Waals surface area contributed by atoms with Gasteiger partial charge in [-0.25, -0.2) is 15.0 Å². The van der Waals surface area contributed by atoms with Crippen molar-refractivity contribution >= 4 is 43.5 Å². The molecule has 0 aliphatic rings. The molecule has 0 N–H and O–H groups in total. The molecular weight excluding hydrogens is 583 g/mol. The lowest BCUT2D eigenvalue weighted by Crippen LogP contribution is -1.96. The van der Waals surface area contributed by atoms with Gasteiger partial charge in [0, 0.05) is 33.0 Å². The molecule has 4 nitrogen and oxygen atoms in total. The third kappa shape index (κ3) is 4.66. The summed E-state index contributed by atoms with van der Waals surface area (Å²) in [6.07, 6.45) is 0. The van der Waals surface area contributed by atoms with E-state index in [1.165, 1.54) is 10.3 Å². The fourth-order valence-electron chi connectivity index (χ4n) is 6.11. The van der Waals surface area contributed by atoms with Crippen molar-refractivity contribution in [3.05, 3.63) is 152 Å². The summed E-state index contributed by atoms with van der Waals surface area (Å²) in [7, 11) is 0. The summed E-state index contributed by atoms with van der Waals surface area (Å²) in [6.45, 7) is 0. The van der Waals surface area contributed by atoms with Crippen molar-refractivity contribution in [1.82, 2.24) is 15.0 Å². The Morgan fingerprint density at radius 3 is 2.02 bits per heavy atom. The molecule has 46 heavy (non-hydrogen) atoms. The molecule has 3 aromatic heterocycles. The Hall–Kier alpha value is -5.91. The average Bonchev–Trinajstić information content (AvgIpc) is 3.74. The molecule has 216 valence electrons. The Morgan fingerprint density at radius 1 is 0.457 bits per heavy atom. The number of furan rings is 1. The first-order chi connectivity index (χ1) is 22.8. The van der Waals surface area contributed by atoms with E-state index in [0.29, 0.717) is 5.82 Å². The van der Waals surface area contributed by atoms with Gasteiger partial charge in [-0.15, -0.1) is 11.3 Å². The minimum absolute atomic E-state index is 0.682. The number of hydrogen-bond acceptors (Lipinski definition) is 5. The number of aromatic nitrogens is 3. The predicted octanol–water partition coefficient (Wildman–Crippen LogP) is 11.3. The van der Waals surface area contributed by atoms with Gasteiger partial charge in [-0.2, -0.15) is 0 Å². The first-order valence-corrected chi connectivity index (χ1v) is 16.0. The molecule has 0 radical (unpaired) electrons. The highest BCUT2D eigenvalue weighted by Gasteiger charge is 2.18. The van der Waals surface area contributed by atoms with Gasteiger partial charge in [-0.05, 0) is 53.6 Å². The van der Waals surface area contributed by atoms with Gasteiger partial charge in [0.25, 0.3) is 0 Å². The average molecular weight is 608 g/mol. The quantitative estimate of drug-likeness (QED) is 0.195. The zero-order valence-corrected chi connectivity index (χ0v) is 25.4. The van der Waals surface area contributed by atoms with Crippen molar-refractivity contribution in [2.45, 2.75) is 0 Å². The molecule has 3 heterocycles. The van der Waals surface area contributed by atoms with Crippen molar-refractivity contribution < 1.29 is 4.42 Å². The summed E-state index contributed by atoms with van der Waals surface area (Å²) in [5, 5.41) is 3.06. The van der Waals surface area contributed by atoms with E-state index in [1.807, 2.05) is 42.5 Å². The Morgan fingerprint density at radius 2 is 1.17 bits per heavy atom. The second kappa shape index (κ2) is 10.9. The summed E-state index contributed by atoms with van der Waals surface area (Å²) in [6, 6.07) is 52.1. The summed E-state index contributed by atoms with van der Waals surface area (Å²) in [5.74, 6) is 0.682. The monoisotopic (exact) mass is 607 g/mol. The number of fused-ring (bicyclic) bond motifs is 4. The molecule has 5 heteroatoms. The first-order valence-electron chi connectivity index (χ1n) is 15.2. The van der Waals surface area contributed by atoms with E-state index in [-0.39, 0.29) is 0 Å². The van der Waals surface area contributed by atoms with Crippen LogP contribution in [0.15, 0.2) is 156 Å². The number of thiazole rings is 1. The lowest BCUT2D eigenvalue weighted by molar-refractivity contribution is 0.669. The summed E-state index contributed by atoms with van der Waals surface area (Å²) >= 11 is 1.69. The molecule has 0 aliphatic heterocycles. The van der Waals surface area contributed by atoms with Crippen LogP contribution in [0.25, 0.3) is 87.8 Å². The summed E-state index contributed by atoms with van der Waals surface area (Å²) < 4.78 is 7.65. The summed E-state index contributed by atoms with van der Waals surface area (Å²) in [4.78, 5) is 15.1. The van der Waals surface area contributed by atoms with E-state index in [0.717, 1.165) is 71.7 Å². The predicted molar refractivity (Wildman–Crippen MR) is 190 cm³/mol. The smallest absolute Gasteiger partial charge is 0.160 e. The number of rotatable bonds is 5. The normalized spacial score (nSPS) is 11.5. The minimum Gasteiger partial charge on any atom is -0.456 e. The molecule has 0 fully saturated rings. The van der Waals surface area contributed by atoms with E-state index in [2.05, 4.69) is 109 Å². The fourth-order valence-corrected chi connectivity index (χ4v) is 7.07. The van der Waals surface area contributed by atoms with Crippen LogP contribution in [0.1, 0.15) is 0 Å². The van der Waals surface area contributed by atoms with Crippen molar-refractivity contribution in [3.63, 3.8) is 0 Å². The van der Waals surface area contributed by atoms with Gasteiger partial charge in [-0.1, -0.05) is 109 Å². The van der Waals surface area contributed by atoms with Gasteiger partial charge in [0.15, 0.2) is 5.82 Å². The van der Waals surface area contributed by atoms with Crippen LogP contribution in [0.4, 0.5) is 0 Å². The first kappa shape index (κ1) is 26.5. The highest BCUT2D eigenvalue weighted by Crippen LogP contribution is 2.40. The number of para-hydroxylation sites is 1. The molecule has 9 rings (SSSR count). The molecule has 0 atom stereocenters. The molecule has 0 unspecified atom stereocenters. The second-order valence-corrected chi connectivity index (χ2v) is 12.3. The van der Waals surface area contributed by atoms with Crippen molar-refractivity contribution in [2.75, 3.05) is 0 Å². The van der Waals surface area contributed by atoms with Crippen molar-refractivity contribution in [2.24, 2.45) is 0 Å². The van der Waals surface area contributed by atoms with Crippen LogP contribution in [0.5, 0.6) is 0 Å². The van der Waals surface area contributed by atoms with Crippen molar-refractivity contribution in [1.29, 1.82) is 0 Å². The van der Waals surface area contributed by atoms with Crippen LogP contribution in [0.2, 0.25) is 0 Å². The van der Waals surface area contributed by atoms with E-state index < -0.39 is 0 Å². The lowest BCUT2D eigenvalue weighted by Gasteiger charge is -2.11. The molecule has 9 aromatic rings. The third-order valence-corrected chi connectivity index (χ3v) is 9.42. The Bertz CT molecular complexity index is 2500. The van der Waals surface area contributed by atoms with Gasteiger partial charge in [0.2, 0.25) is 0 Å². The van der Waals surface area contributed by atoms with Gasteiger partial charge >= 0.3 is 0 Å². The minimum atomic E-state index is 0.682. The Kier molecular flexibility index (Phi) is 6.28. The molecule has 0 spiro atoms. The Balaban J connectivity index is 1.21. The maximum atomic E-state index is 6.48.